The average molecular weight is 170 g/mol. The Morgan fingerprint density at radius 3 is 2.33 bits per heavy atom. The zero-order valence-electron chi connectivity index (χ0n) is 7.93. The minimum Gasteiger partial charge on any atom is -0.396 e. The third-order valence-corrected chi connectivity index (χ3v) is 2.54. The summed E-state index contributed by atoms with van der Waals surface area (Å²) in [4.78, 5) is 0. The van der Waals surface area contributed by atoms with E-state index in [2.05, 4.69) is 19.2 Å². The summed E-state index contributed by atoms with van der Waals surface area (Å²) < 4.78 is 0. The van der Waals surface area contributed by atoms with Crippen LogP contribution in [0.4, 0.5) is 0 Å². The molecule has 0 aromatic rings. The average Bonchev–Trinajstić information content (AvgIpc) is 2.14. The van der Waals surface area contributed by atoms with E-state index in [4.69, 9.17) is 10.4 Å². The van der Waals surface area contributed by atoms with E-state index < -0.39 is 0 Å². The maximum absolute atomic E-state index is 9.15. The molecule has 3 nitrogen and oxygen atoms in total. The minimum absolute atomic E-state index is 0.0309. The molecule has 0 saturated heterocycles. The summed E-state index contributed by atoms with van der Waals surface area (Å²) in [5.41, 5.74) is -0.0309. The highest BCUT2D eigenvalue weighted by molar-refractivity contribution is 4.81. The van der Waals surface area contributed by atoms with Crippen molar-refractivity contribution in [3.8, 4) is 6.07 Å². The molecule has 70 valence electrons. The minimum atomic E-state index is -0.0309. The Balaban J connectivity index is 3.86. The quantitative estimate of drug-likeness (QED) is 0.460. The van der Waals surface area contributed by atoms with Gasteiger partial charge in [-0.05, 0) is 12.8 Å². The normalized spacial score (nSPS) is 11.2. The first-order valence-electron chi connectivity index (χ1n) is 4.43. The molecule has 2 N–H and O–H groups in total. The first kappa shape index (κ1) is 11.4. The van der Waals surface area contributed by atoms with Gasteiger partial charge in [-0.1, -0.05) is 13.8 Å². The third-order valence-electron chi connectivity index (χ3n) is 2.54. The van der Waals surface area contributed by atoms with E-state index in [1.807, 2.05) is 6.07 Å². The van der Waals surface area contributed by atoms with Crippen molar-refractivity contribution in [1.29, 1.82) is 5.26 Å². The monoisotopic (exact) mass is 170 g/mol. The number of hydrogen-bond acceptors (Lipinski definition) is 3. The summed E-state index contributed by atoms with van der Waals surface area (Å²) >= 11 is 0. The molecule has 0 bridgehead atoms. The predicted octanol–water partition coefficient (Wildman–Crippen LogP) is 0.898. The predicted molar refractivity (Wildman–Crippen MR) is 48.6 cm³/mol. The summed E-state index contributed by atoms with van der Waals surface area (Å²) in [6.07, 6.45) is 1.89. The van der Waals surface area contributed by atoms with E-state index in [1.54, 1.807) is 0 Å². The highest BCUT2D eigenvalue weighted by Gasteiger charge is 2.24. The molecule has 0 radical (unpaired) electrons. The van der Waals surface area contributed by atoms with Gasteiger partial charge in [0, 0.05) is 18.6 Å². The van der Waals surface area contributed by atoms with Crippen LogP contribution in [0.25, 0.3) is 0 Å². The smallest absolute Gasteiger partial charge is 0.0841 e. The van der Waals surface area contributed by atoms with Crippen LogP contribution in [0.5, 0.6) is 0 Å². The van der Waals surface area contributed by atoms with Gasteiger partial charge >= 0.3 is 0 Å². The van der Waals surface area contributed by atoms with Gasteiger partial charge in [-0.2, -0.15) is 5.26 Å². The van der Waals surface area contributed by atoms with Crippen LogP contribution in [-0.4, -0.2) is 24.8 Å². The van der Waals surface area contributed by atoms with Crippen LogP contribution in [0.3, 0.4) is 0 Å². The molecule has 0 atom stereocenters. The van der Waals surface area contributed by atoms with Gasteiger partial charge in [0.25, 0.3) is 0 Å². The molecule has 0 saturated carbocycles. The number of aliphatic hydroxyl groups is 1. The standard InChI is InChI=1S/C9H18N2O/c1-3-9(4-2,8-12)7-11-6-5-10/h11-12H,3-4,6-8H2,1-2H3. The Morgan fingerprint density at radius 1 is 1.42 bits per heavy atom. The third kappa shape index (κ3) is 3.21. The number of aliphatic hydroxyl groups excluding tert-OH is 1. The van der Waals surface area contributed by atoms with Crippen LogP contribution in [0.2, 0.25) is 0 Å². The number of hydrogen-bond donors (Lipinski definition) is 2. The topological polar surface area (TPSA) is 56.0 Å². The Labute approximate surface area is 74.4 Å². The molecule has 0 amide bonds. The number of nitrogens with one attached hydrogen (secondary N) is 1. The molecule has 0 rings (SSSR count). The second kappa shape index (κ2) is 5.99. The fourth-order valence-electron chi connectivity index (χ4n) is 1.16. The van der Waals surface area contributed by atoms with Crippen molar-refractivity contribution < 1.29 is 5.11 Å². The number of rotatable bonds is 6. The van der Waals surface area contributed by atoms with Crippen molar-refractivity contribution in [3.05, 3.63) is 0 Å². The van der Waals surface area contributed by atoms with Crippen molar-refractivity contribution >= 4 is 0 Å². The van der Waals surface area contributed by atoms with Crippen LogP contribution < -0.4 is 5.32 Å². The van der Waals surface area contributed by atoms with Gasteiger partial charge in [0.2, 0.25) is 0 Å². The lowest BCUT2D eigenvalue weighted by Crippen LogP contribution is -2.36. The molecule has 3 heteroatoms. The first-order chi connectivity index (χ1) is 5.74. The van der Waals surface area contributed by atoms with Crippen LogP contribution in [0, 0.1) is 16.7 Å². The second-order valence-electron chi connectivity index (χ2n) is 3.13. The molecule has 0 aromatic heterocycles. The maximum atomic E-state index is 9.15. The molecule has 12 heavy (non-hydrogen) atoms. The molecule has 0 unspecified atom stereocenters. The van der Waals surface area contributed by atoms with Crippen LogP contribution in [0.1, 0.15) is 26.7 Å². The molecule has 0 heterocycles. The van der Waals surface area contributed by atoms with Crippen molar-refractivity contribution in [2.45, 2.75) is 26.7 Å². The lowest BCUT2D eigenvalue weighted by Gasteiger charge is -2.29. The molecule has 0 aliphatic heterocycles. The van der Waals surface area contributed by atoms with Crippen molar-refractivity contribution in [2.75, 3.05) is 19.7 Å². The van der Waals surface area contributed by atoms with Gasteiger partial charge in [0.05, 0.1) is 12.6 Å². The molecule has 0 spiro atoms. The largest absolute Gasteiger partial charge is 0.396 e. The van der Waals surface area contributed by atoms with Gasteiger partial charge in [-0.25, -0.2) is 0 Å². The van der Waals surface area contributed by atoms with E-state index in [0.717, 1.165) is 19.4 Å². The Morgan fingerprint density at radius 2 is 2.00 bits per heavy atom. The van der Waals surface area contributed by atoms with Gasteiger partial charge in [-0.3, -0.25) is 0 Å². The molecular formula is C9H18N2O. The lowest BCUT2D eigenvalue weighted by molar-refractivity contribution is 0.114. The van der Waals surface area contributed by atoms with Crippen LogP contribution in [0.15, 0.2) is 0 Å². The van der Waals surface area contributed by atoms with Crippen molar-refractivity contribution in [3.63, 3.8) is 0 Å². The van der Waals surface area contributed by atoms with Crippen LogP contribution >= 0.6 is 0 Å². The summed E-state index contributed by atoms with van der Waals surface area (Å²) in [5, 5.41) is 20.5. The van der Waals surface area contributed by atoms with E-state index in [9.17, 15) is 0 Å². The Hall–Kier alpha value is -0.590. The molecule has 0 aliphatic rings. The van der Waals surface area contributed by atoms with Gasteiger partial charge in [-0.15, -0.1) is 0 Å². The van der Waals surface area contributed by atoms with Crippen molar-refractivity contribution in [2.24, 2.45) is 5.41 Å². The highest BCUT2D eigenvalue weighted by atomic mass is 16.3. The summed E-state index contributed by atoms with van der Waals surface area (Å²) in [5.74, 6) is 0. The number of nitrogens with zero attached hydrogens (tertiary/aromatic N) is 1. The van der Waals surface area contributed by atoms with Gasteiger partial charge in [0.15, 0.2) is 0 Å². The van der Waals surface area contributed by atoms with Crippen LogP contribution in [-0.2, 0) is 0 Å². The molecule has 0 fully saturated rings. The molecule has 0 aromatic carbocycles. The summed E-state index contributed by atoms with van der Waals surface area (Å²) in [6, 6.07) is 2.02. The second-order valence-corrected chi connectivity index (χ2v) is 3.13. The van der Waals surface area contributed by atoms with E-state index in [1.165, 1.54) is 0 Å². The fraction of sp³-hybridized carbons (Fsp3) is 0.889. The zero-order chi connectivity index (χ0) is 9.45. The zero-order valence-corrected chi connectivity index (χ0v) is 7.93. The Bertz CT molecular complexity index is 139. The van der Waals surface area contributed by atoms with Gasteiger partial charge < -0.3 is 10.4 Å². The van der Waals surface area contributed by atoms with Crippen molar-refractivity contribution in [1.82, 2.24) is 5.32 Å². The maximum Gasteiger partial charge on any atom is 0.0841 e. The van der Waals surface area contributed by atoms with E-state index >= 15 is 0 Å². The number of nitriles is 1. The van der Waals surface area contributed by atoms with E-state index in [-0.39, 0.29) is 12.0 Å². The molecular weight excluding hydrogens is 152 g/mol. The van der Waals surface area contributed by atoms with E-state index in [0.29, 0.717) is 6.54 Å². The Kier molecular flexibility index (Phi) is 5.69. The van der Waals surface area contributed by atoms with Gasteiger partial charge in [0.1, 0.15) is 0 Å². The SMILES string of the molecule is CCC(CC)(CO)CNCC#N. The highest BCUT2D eigenvalue weighted by Crippen LogP contribution is 2.23. The summed E-state index contributed by atoms with van der Waals surface area (Å²) in [7, 11) is 0. The first-order valence-corrected chi connectivity index (χ1v) is 4.43. The fourth-order valence-corrected chi connectivity index (χ4v) is 1.16. The lowest BCUT2D eigenvalue weighted by atomic mass is 9.83. The molecule has 0 aliphatic carbocycles. The summed E-state index contributed by atoms with van der Waals surface area (Å²) in [6.45, 7) is 5.41.